The molecule has 0 aliphatic rings. The molecule has 0 aliphatic heterocycles. The highest BCUT2D eigenvalue weighted by atomic mass is 16.2. The topological polar surface area (TPSA) is 46.2 Å². The first-order valence-corrected chi connectivity index (χ1v) is 6.46. The van der Waals surface area contributed by atoms with Crippen LogP contribution < -0.4 is 5.32 Å². The van der Waals surface area contributed by atoms with Gasteiger partial charge in [0.2, 0.25) is 0 Å². The van der Waals surface area contributed by atoms with Gasteiger partial charge in [0, 0.05) is 11.5 Å². The lowest BCUT2D eigenvalue weighted by atomic mass is 9.98. The van der Waals surface area contributed by atoms with Crippen LogP contribution in [0.5, 0.6) is 0 Å². The molecule has 0 aromatic heterocycles. The zero-order valence-electron chi connectivity index (χ0n) is 11.3. The number of nitrogens with one attached hydrogen (secondary N) is 1. The third-order valence-electron chi connectivity index (χ3n) is 2.83. The van der Waals surface area contributed by atoms with Gasteiger partial charge < -0.3 is 5.32 Å². The Labute approximate surface area is 109 Å². The fraction of sp³-hybridized carbons (Fsp3) is 0.467. The Morgan fingerprint density at radius 3 is 2.28 bits per heavy atom. The van der Waals surface area contributed by atoms with E-state index in [0.29, 0.717) is 12.0 Å². The normalized spacial score (nSPS) is 12.2. The molecule has 1 unspecified atom stereocenters. The van der Waals surface area contributed by atoms with Gasteiger partial charge in [0.1, 0.15) is 0 Å². The van der Waals surface area contributed by atoms with E-state index in [1.807, 2.05) is 39.0 Å². The highest BCUT2D eigenvalue weighted by molar-refractivity contribution is 5.98. The van der Waals surface area contributed by atoms with E-state index in [0.717, 1.165) is 6.42 Å². The van der Waals surface area contributed by atoms with Gasteiger partial charge in [-0.1, -0.05) is 45.4 Å². The Morgan fingerprint density at radius 1 is 1.17 bits per heavy atom. The zero-order valence-corrected chi connectivity index (χ0v) is 11.3. The molecule has 3 nitrogen and oxygen atoms in total. The zero-order chi connectivity index (χ0) is 13.5. The van der Waals surface area contributed by atoms with Crippen LogP contribution >= 0.6 is 0 Å². The first-order chi connectivity index (χ1) is 8.56. The lowest BCUT2D eigenvalue weighted by Gasteiger charge is -2.19. The van der Waals surface area contributed by atoms with Gasteiger partial charge in [-0.3, -0.25) is 9.59 Å². The van der Waals surface area contributed by atoms with Crippen LogP contribution in [0.25, 0.3) is 0 Å². The van der Waals surface area contributed by atoms with Crippen molar-refractivity contribution < 1.29 is 9.59 Å². The minimum Gasteiger partial charge on any atom is -0.342 e. The molecule has 0 heterocycles. The van der Waals surface area contributed by atoms with E-state index in [1.54, 1.807) is 12.1 Å². The Morgan fingerprint density at radius 2 is 1.78 bits per heavy atom. The van der Waals surface area contributed by atoms with Crippen molar-refractivity contribution in [2.24, 2.45) is 5.92 Å². The van der Waals surface area contributed by atoms with Crippen molar-refractivity contribution in [1.82, 2.24) is 5.32 Å². The van der Waals surface area contributed by atoms with E-state index in [9.17, 15) is 9.59 Å². The van der Waals surface area contributed by atoms with Gasteiger partial charge in [0.05, 0.1) is 6.04 Å². The van der Waals surface area contributed by atoms with E-state index < -0.39 is 0 Å². The van der Waals surface area contributed by atoms with Crippen LogP contribution in [0.15, 0.2) is 30.3 Å². The third kappa shape index (κ3) is 3.99. The predicted octanol–water partition coefficient (Wildman–Crippen LogP) is 2.81. The van der Waals surface area contributed by atoms with Gasteiger partial charge in [0.25, 0.3) is 5.91 Å². The van der Waals surface area contributed by atoms with Crippen LogP contribution in [-0.2, 0) is 4.79 Å². The Bertz CT molecular complexity index is 398. The summed E-state index contributed by atoms with van der Waals surface area (Å²) in [4.78, 5) is 24.0. The summed E-state index contributed by atoms with van der Waals surface area (Å²) in [5.74, 6) is -0.137. The monoisotopic (exact) mass is 247 g/mol. The summed E-state index contributed by atoms with van der Waals surface area (Å²) in [5.41, 5.74) is 0.593. The second-order valence-corrected chi connectivity index (χ2v) is 4.74. The molecule has 98 valence electrons. The number of amides is 1. The Hall–Kier alpha value is -1.64. The summed E-state index contributed by atoms with van der Waals surface area (Å²) in [6.45, 7) is 5.73. The number of Topliss-reactive ketones (excluding diaryl/α,β-unsaturated/α-hetero) is 1. The molecule has 0 spiro atoms. The fourth-order valence-electron chi connectivity index (χ4n) is 1.81. The number of rotatable bonds is 6. The molecule has 0 saturated carbocycles. The van der Waals surface area contributed by atoms with Gasteiger partial charge in [-0.2, -0.15) is 0 Å². The van der Waals surface area contributed by atoms with Crippen molar-refractivity contribution >= 4 is 11.7 Å². The standard InChI is InChI=1S/C15H21NO2/c1-4-8-13(14(17)11(2)3)16-15(18)12-9-6-5-7-10-12/h5-7,9-11,13H,4,8H2,1-3H3,(H,16,18). The van der Waals surface area contributed by atoms with Crippen LogP contribution in [0.3, 0.4) is 0 Å². The summed E-state index contributed by atoms with van der Waals surface area (Å²) in [5, 5.41) is 2.83. The van der Waals surface area contributed by atoms with Gasteiger partial charge in [0.15, 0.2) is 5.78 Å². The van der Waals surface area contributed by atoms with Crippen LogP contribution in [-0.4, -0.2) is 17.7 Å². The predicted molar refractivity (Wildman–Crippen MR) is 72.4 cm³/mol. The van der Waals surface area contributed by atoms with Gasteiger partial charge in [-0.05, 0) is 18.6 Å². The summed E-state index contributed by atoms with van der Waals surface area (Å²) < 4.78 is 0. The van der Waals surface area contributed by atoms with E-state index in [1.165, 1.54) is 0 Å². The fourth-order valence-corrected chi connectivity index (χ4v) is 1.81. The van der Waals surface area contributed by atoms with Gasteiger partial charge in [-0.15, -0.1) is 0 Å². The van der Waals surface area contributed by atoms with Crippen molar-refractivity contribution in [3.8, 4) is 0 Å². The van der Waals surface area contributed by atoms with Crippen LogP contribution in [0.4, 0.5) is 0 Å². The van der Waals surface area contributed by atoms with Crippen LogP contribution in [0.1, 0.15) is 44.0 Å². The molecule has 1 rings (SSSR count). The highest BCUT2D eigenvalue weighted by Gasteiger charge is 2.22. The molecular formula is C15H21NO2. The van der Waals surface area contributed by atoms with Crippen molar-refractivity contribution in [2.45, 2.75) is 39.7 Å². The SMILES string of the molecule is CCCC(NC(=O)c1ccccc1)C(=O)C(C)C. The average molecular weight is 247 g/mol. The van der Waals surface area contributed by atoms with E-state index >= 15 is 0 Å². The third-order valence-corrected chi connectivity index (χ3v) is 2.83. The average Bonchev–Trinajstić information content (AvgIpc) is 2.38. The summed E-state index contributed by atoms with van der Waals surface area (Å²) >= 11 is 0. The number of hydrogen-bond acceptors (Lipinski definition) is 2. The maximum atomic E-state index is 12.0. The molecule has 1 N–H and O–H groups in total. The number of hydrogen-bond donors (Lipinski definition) is 1. The first-order valence-electron chi connectivity index (χ1n) is 6.46. The number of ketones is 1. The molecule has 1 aromatic rings. The smallest absolute Gasteiger partial charge is 0.251 e. The minimum absolute atomic E-state index is 0.0578. The molecule has 1 atom stereocenters. The molecule has 18 heavy (non-hydrogen) atoms. The number of benzene rings is 1. The van der Waals surface area contributed by atoms with Crippen molar-refractivity contribution in [2.75, 3.05) is 0 Å². The van der Waals surface area contributed by atoms with E-state index in [2.05, 4.69) is 5.32 Å². The molecule has 0 saturated heterocycles. The number of carbonyl (C=O) groups excluding carboxylic acids is 2. The molecule has 0 fully saturated rings. The second-order valence-electron chi connectivity index (χ2n) is 4.74. The maximum absolute atomic E-state index is 12.0. The van der Waals surface area contributed by atoms with Gasteiger partial charge >= 0.3 is 0 Å². The summed E-state index contributed by atoms with van der Waals surface area (Å²) in [7, 11) is 0. The maximum Gasteiger partial charge on any atom is 0.251 e. The van der Waals surface area contributed by atoms with Gasteiger partial charge in [-0.25, -0.2) is 0 Å². The largest absolute Gasteiger partial charge is 0.342 e. The summed E-state index contributed by atoms with van der Waals surface area (Å²) in [6, 6.07) is 8.61. The van der Waals surface area contributed by atoms with E-state index in [-0.39, 0.29) is 23.7 Å². The molecule has 0 bridgehead atoms. The van der Waals surface area contributed by atoms with Crippen molar-refractivity contribution in [3.63, 3.8) is 0 Å². The lowest BCUT2D eigenvalue weighted by Crippen LogP contribution is -2.42. The quantitative estimate of drug-likeness (QED) is 0.840. The highest BCUT2D eigenvalue weighted by Crippen LogP contribution is 2.07. The molecule has 1 aromatic carbocycles. The first kappa shape index (κ1) is 14.4. The molecule has 3 heteroatoms. The van der Waals surface area contributed by atoms with Crippen LogP contribution in [0.2, 0.25) is 0 Å². The minimum atomic E-state index is -0.372. The molecule has 1 amide bonds. The Balaban J connectivity index is 2.72. The van der Waals surface area contributed by atoms with E-state index in [4.69, 9.17) is 0 Å². The van der Waals surface area contributed by atoms with Crippen molar-refractivity contribution in [1.29, 1.82) is 0 Å². The lowest BCUT2D eigenvalue weighted by molar-refractivity contribution is -0.123. The Kier molecular flexibility index (Phi) is 5.56. The number of carbonyl (C=O) groups is 2. The van der Waals surface area contributed by atoms with Crippen LogP contribution in [0, 0.1) is 5.92 Å². The molecular weight excluding hydrogens is 226 g/mol. The molecule has 0 aliphatic carbocycles. The van der Waals surface area contributed by atoms with Crippen molar-refractivity contribution in [3.05, 3.63) is 35.9 Å². The second kappa shape index (κ2) is 6.94. The molecule has 0 radical (unpaired) electrons. The summed E-state index contributed by atoms with van der Waals surface area (Å²) in [6.07, 6.45) is 1.56.